The van der Waals surface area contributed by atoms with E-state index in [0.717, 1.165) is 12.0 Å². The van der Waals surface area contributed by atoms with Gasteiger partial charge < -0.3 is 4.74 Å². The van der Waals surface area contributed by atoms with Gasteiger partial charge in [-0.05, 0) is 30.0 Å². The van der Waals surface area contributed by atoms with Crippen molar-refractivity contribution in [2.75, 3.05) is 0 Å². The van der Waals surface area contributed by atoms with E-state index in [1.807, 2.05) is 13.8 Å². The van der Waals surface area contributed by atoms with Crippen molar-refractivity contribution in [2.45, 2.75) is 32.7 Å². The van der Waals surface area contributed by atoms with Crippen molar-refractivity contribution in [3.8, 4) is 5.75 Å². The summed E-state index contributed by atoms with van der Waals surface area (Å²) in [7, 11) is 0. The summed E-state index contributed by atoms with van der Waals surface area (Å²) in [5.74, 6) is 5.63. The van der Waals surface area contributed by atoms with Crippen LogP contribution in [0, 0.1) is 5.92 Å². The number of hydrazine groups is 1. The van der Waals surface area contributed by atoms with Crippen LogP contribution in [0.3, 0.4) is 0 Å². The first-order valence-electron chi connectivity index (χ1n) is 5.63. The minimum absolute atomic E-state index is 0.0788. The second-order valence-electron chi connectivity index (χ2n) is 4.47. The van der Waals surface area contributed by atoms with Gasteiger partial charge in [0.15, 0.2) is 0 Å². The van der Waals surface area contributed by atoms with Gasteiger partial charge in [0.05, 0.1) is 0 Å². The lowest BCUT2D eigenvalue weighted by atomic mass is 9.97. The molecule has 0 aliphatic heterocycles. The third-order valence-electron chi connectivity index (χ3n) is 2.42. The topological polar surface area (TPSA) is 47.3 Å². The summed E-state index contributed by atoms with van der Waals surface area (Å²) in [6, 6.07) is 5.65. The largest absolute Gasteiger partial charge is 0.573 e. The van der Waals surface area contributed by atoms with Crippen molar-refractivity contribution in [3.63, 3.8) is 0 Å². The predicted molar refractivity (Wildman–Crippen MR) is 62.6 cm³/mol. The molecule has 0 spiro atoms. The molecule has 3 nitrogen and oxygen atoms in total. The molecule has 0 saturated heterocycles. The average molecular weight is 262 g/mol. The van der Waals surface area contributed by atoms with Gasteiger partial charge in [0, 0.05) is 6.04 Å². The molecule has 0 radical (unpaired) electrons. The molecule has 1 unspecified atom stereocenters. The Morgan fingerprint density at radius 2 is 1.78 bits per heavy atom. The molecule has 1 atom stereocenters. The molecule has 1 aromatic carbocycles. The number of nitrogens with two attached hydrogens (primary N) is 1. The number of alkyl halides is 3. The molecule has 102 valence electrons. The zero-order chi connectivity index (χ0) is 13.8. The monoisotopic (exact) mass is 262 g/mol. The van der Waals surface area contributed by atoms with E-state index in [4.69, 9.17) is 5.84 Å². The van der Waals surface area contributed by atoms with Crippen LogP contribution in [0.4, 0.5) is 13.2 Å². The Labute approximate surface area is 104 Å². The molecular weight excluding hydrogens is 245 g/mol. The molecule has 0 heterocycles. The third kappa shape index (κ3) is 4.93. The van der Waals surface area contributed by atoms with E-state index in [-0.39, 0.29) is 11.8 Å². The highest BCUT2D eigenvalue weighted by molar-refractivity contribution is 5.29. The third-order valence-corrected chi connectivity index (χ3v) is 2.42. The molecular formula is C12H17F3N2O. The van der Waals surface area contributed by atoms with E-state index in [1.54, 1.807) is 12.1 Å². The number of benzene rings is 1. The van der Waals surface area contributed by atoms with Gasteiger partial charge in [-0.15, -0.1) is 13.2 Å². The maximum Gasteiger partial charge on any atom is 0.573 e. The van der Waals surface area contributed by atoms with E-state index in [2.05, 4.69) is 10.2 Å². The molecule has 0 fully saturated rings. The van der Waals surface area contributed by atoms with Crippen LogP contribution in [0.15, 0.2) is 24.3 Å². The van der Waals surface area contributed by atoms with Crippen LogP contribution in [-0.4, -0.2) is 6.36 Å². The fourth-order valence-corrected chi connectivity index (χ4v) is 1.67. The van der Waals surface area contributed by atoms with Crippen LogP contribution < -0.4 is 16.0 Å². The first kappa shape index (κ1) is 14.8. The molecule has 18 heavy (non-hydrogen) atoms. The van der Waals surface area contributed by atoms with Crippen LogP contribution in [-0.2, 0) is 0 Å². The Hall–Kier alpha value is -1.27. The normalized spacial score (nSPS) is 13.7. The van der Waals surface area contributed by atoms with E-state index in [0.29, 0.717) is 5.92 Å². The second-order valence-corrected chi connectivity index (χ2v) is 4.47. The van der Waals surface area contributed by atoms with Crippen LogP contribution in [0.2, 0.25) is 0 Å². The zero-order valence-corrected chi connectivity index (χ0v) is 10.3. The van der Waals surface area contributed by atoms with Crippen molar-refractivity contribution in [1.29, 1.82) is 0 Å². The van der Waals surface area contributed by atoms with E-state index < -0.39 is 6.36 Å². The Morgan fingerprint density at radius 3 is 2.17 bits per heavy atom. The van der Waals surface area contributed by atoms with E-state index in [9.17, 15) is 13.2 Å². The Bertz CT molecular complexity index is 363. The highest BCUT2D eigenvalue weighted by Crippen LogP contribution is 2.26. The number of rotatable bonds is 5. The van der Waals surface area contributed by atoms with Gasteiger partial charge in [0.25, 0.3) is 0 Å². The zero-order valence-electron chi connectivity index (χ0n) is 10.3. The van der Waals surface area contributed by atoms with Gasteiger partial charge in [-0.25, -0.2) is 0 Å². The Kier molecular flexibility index (Phi) is 4.98. The van der Waals surface area contributed by atoms with Crippen molar-refractivity contribution in [2.24, 2.45) is 11.8 Å². The summed E-state index contributed by atoms with van der Waals surface area (Å²) in [4.78, 5) is 0. The number of ether oxygens (including phenoxy) is 1. The maximum atomic E-state index is 12.0. The molecule has 0 aliphatic rings. The van der Waals surface area contributed by atoms with Gasteiger partial charge in [-0.3, -0.25) is 11.3 Å². The summed E-state index contributed by atoms with van der Waals surface area (Å²) < 4.78 is 39.8. The van der Waals surface area contributed by atoms with Crippen molar-refractivity contribution in [1.82, 2.24) is 5.43 Å². The highest BCUT2D eigenvalue weighted by Gasteiger charge is 2.31. The molecule has 3 N–H and O–H groups in total. The fraction of sp³-hybridized carbons (Fsp3) is 0.500. The van der Waals surface area contributed by atoms with Crippen LogP contribution in [0.1, 0.15) is 31.9 Å². The molecule has 6 heteroatoms. The van der Waals surface area contributed by atoms with Gasteiger partial charge in [0.1, 0.15) is 5.75 Å². The molecule has 0 bridgehead atoms. The van der Waals surface area contributed by atoms with Gasteiger partial charge in [-0.2, -0.15) is 0 Å². The fourth-order valence-electron chi connectivity index (χ4n) is 1.67. The SMILES string of the molecule is CC(C)CC(NN)c1ccc(OC(F)(F)F)cc1. The number of halogens is 3. The molecule has 0 aliphatic carbocycles. The lowest BCUT2D eigenvalue weighted by Crippen LogP contribution is -2.29. The number of hydrogen-bond donors (Lipinski definition) is 2. The van der Waals surface area contributed by atoms with Crippen molar-refractivity contribution >= 4 is 0 Å². The summed E-state index contributed by atoms with van der Waals surface area (Å²) in [5.41, 5.74) is 3.49. The highest BCUT2D eigenvalue weighted by atomic mass is 19.4. The van der Waals surface area contributed by atoms with Crippen molar-refractivity contribution in [3.05, 3.63) is 29.8 Å². The number of hydrogen-bond acceptors (Lipinski definition) is 3. The molecule has 1 rings (SSSR count). The predicted octanol–water partition coefficient (Wildman–Crippen LogP) is 3.14. The Balaban J connectivity index is 2.74. The van der Waals surface area contributed by atoms with Crippen LogP contribution >= 0.6 is 0 Å². The molecule has 1 aromatic rings. The Morgan fingerprint density at radius 1 is 1.22 bits per heavy atom. The quantitative estimate of drug-likeness (QED) is 0.633. The van der Waals surface area contributed by atoms with Gasteiger partial charge >= 0.3 is 6.36 Å². The lowest BCUT2D eigenvalue weighted by Gasteiger charge is -2.19. The van der Waals surface area contributed by atoms with Crippen LogP contribution in [0.5, 0.6) is 5.75 Å². The van der Waals surface area contributed by atoms with E-state index in [1.165, 1.54) is 12.1 Å². The first-order valence-corrected chi connectivity index (χ1v) is 5.63. The molecule has 0 aromatic heterocycles. The van der Waals surface area contributed by atoms with Crippen LogP contribution in [0.25, 0.3) is 0 Å². The minimum Gasteiger partial charge on any atom is -0.406 e. The van der Waals surface area contributed by atoms with E-state index >= 15 is 0 Å². The summed E-state index contributed by atoms with van der Waals surface area (Å²) in [6.07, 6.45) is -3.86. The first-order chi connectivity index (χ1) is 8.31. The van der Waals surface area contributed by atoms with Gasteiger partial charge in [0.2, 0.25) is 0 Å². The van der Waals surface area contributed by atoms with Gasteiger partial charge in [-0.1, -0.05) is 26.0 Å². The smallest absolute Gasteiger partial charge is 0.406 e. The molecule has 0 amide bonds. The lowest BCUT2D eigenvalue weighted by molar-refractivity contribution is -0.274. The maximum absolute atomic E-state index is 12.0. The average Bonchev–Trinajstić information content (AvgIpc) is 2.24. The second kappa shape index (κ2) is 6.06. The molecule has 0 saturated carbocycles. The summed E-state index contributed by atoms with van der Waals surface area (Å²) in [5, 5.41) is 0. The summed E-state index contributed by atoms with van der Waals surface area (Å²) in [6.45, 7) is 4.09. The number of nitrogens with one attached hydrogen (secondary N) is 1. The standard InChI is InChI=1S/C12H17F3N2O/c1-8(2)7-11(17-16)9-3-5-10(6-4-9)18-12(13,14)15/h3-6,8,11,17H,7,16H2,1-2H3. The van der Waals surface area contributed by atoms with Crippen molar-refractivity contribution < 1.29 is 17.9 Å². The summed E-state index contributed by atoms with van der Waals surface area (Å²) >= 11 is 0. The minimum atomic E-state index is -4.66.